The van der Waals surface area contributed by atoms with Gasteiger partial charge in [-0.3, -0.25) is 4.98 Å². The van der Waals surface area contributed by atoms with Gasteiger partial charge in [0.15, 0.2) is 0 Å². The summed E-state index contributed by atoms with van der Waals surface area (Å²) in [6.45, 7) is 6.53. The highest BCUT2D eigenvalue weighted by Crippen LogP contribution is 2.23. The molecule has 0 saturated heterocycles. The van der Waals surface area contributed by atoms with E-state index in [9.17, 15) is 4.39 Å². The zero-order valence-corrected chi connectivity index (χ0v) is 12.2. The summed E-state index contributed by atoms with van der Waals surface area (Å²) in [5, 5.41) is 0. The lowest BCUT2D eigenvalue weighted by atomic mass is 9.86. The second kappa shape index (κ2) is 5.71. The lowest BCUT2D eigenvalue weighted by Crippen LogP contribution is -2.17. The van der Waals surface area contributed by atoms with Crippen LogP contribution >= 0.6 is 0 Å². The molecule has 1 aromatic carbocycles. The van der Waals surface area contributed by atoms with Gasteiger partial charge in [0.1, 0.15) is 5.82 Å². The van der Waals surface area contributed by atoms with Gasteiger partial charge >= 0.3 is 0 Å². The van der Waals surface area contributed by atoms with Gasteiger partial charge in [0.05, 0.1) is 11.7 Å². The first-order valence-electron chi connectivity index (χ1n) is 6.83. The predicted molar refractivity (Wildman–Crippen MR) is 80.0 cm³/mol. The molecule has 2 aromatic rings. The second-order valence-corrected chi connectivity index (χ2v) is 6.13. The molecule has 0 bridgehead atoms. The summed E-state index contributed by atoms with van der Waals surface area (Å²) >= 11 is 0. The lowest BCUT2D eigenvalue weighted by molar-refractivity contribution is 0.563. The molecule has 2 N–H and O–H groups in total. The second-order valence-electron chi connectivity index (χ2n) is 6.13. The molecule has 1 atom stereocenters. The van der Waals surface area contributed by atoms with Crippen LogP contribution in [0.1, 0.15) is 43.6 Å². The summed E-state index contributed by atoms with van der Waals surface area (Å²) in [4.78, 5) is 4.03. The van der Waals surface area contributed by atoms with E-state index in [-0.39, 0.29) is 11.2 Å². The maximum absolute atomic E-state index is 13.6. The zero-order valence-electron chi connectivity index (χ0n) is 12.2. The summed E-state index contributed by atoms with van der Waals surface area (Å²) < 4.78 is 13.6. The van der Waals surface area contributed by atoms with Crippen LogP contribution in [-0.2, 0) is 11.8 Å². The molecule has 3 heteroatoms. The lowest BCUT2D eigenvalue weighted by Gasteiger charge is -2.19. The third-order valence-electron chi connectivity index (χ3n) is 3.41. The molecule has 2 rings (SSSR count). The third kappa shape index (κ3) is 3.42. The van der Waals surface area contributed by atoms with Crippen LogP contribution in [0.25, 0.3) is 0 Å². The number of rotatable bonds is 3. The van der Waals surface area contributed by atoms with Crippen molar-refractivity contribution in [2.45, 2.75) is 38.6 Å². The van der Waals surface area contributed by atoms with Crippen molar-refractivity contribution < 1.29 is 4.39 Å². The zero-order chi connectivity index (χ0) is 14.8. The number of aromatic nitrogens is 1. The highest BCUT2D eigenvalue weighted by atomic mass is 19.1. The van der Waals surface area contributed by atoms with Gasteiger partial charge in [-0.2, -0.15) is 0 Å². The van der Waals surface area contributed by atoms with Gasteiger partial charge in [-0.1, -0.05) is 45.0 Å². The van der Waals surface area contributed by atoms with Crippen LogP contribution in [-0.4, -0.2) is 4.98 Å². The van der Waals surface area contributed by atoms with E-state index in [2.05, 4.69) is 50.0 Å². The van der Waals surface area contributed by atoms with E-state index in [1.165, 1.54) is 11.6 Å². The first-order valence-corrected chi connectivity index (χ1v) is 6.83. The Morgan fingerprint density at radius 1 is 1.15 bits per heavy atom. The highest BCUT2D eigenvalue weighted by Gasteiger charge is 2.15. The van der Waals surface area contributed by atoms with E-state index >= 15 is 0 Å². The van der Waals surface area contributed by atoms with E-state index in [1.54, 1.807) is 12.3 Å². The SMILES string of the molecule is CC(C)(C)c1ccc(CC(N)c2ncccc2F)cc1. The van der Waals surface area contributed by atoms with E-state index < -0.39 is 6.04 Å². The Labute approximate surface area is 119 Å². The van der Waals surface area contributed by atoms with Crippen LogP contribution in [0.5, 0.6) is 0 Å². The molecule has 0 amide bonds. The molecule has 1 heterocycles. The largest absolute Gasteiger partial charge is 0.322 e. The highest BCUT2D eigenvalue weighted by molar-refractivity contribution is 5.28. The third-order valence-corrected chi connectivity index (χ3v) is 3.41. The van der Waals surface area contributed by atoms with Crippen molar-refractivity contribution in [3.63, 3.8) is 0 Å². The van der Waals surface area contributed by atoms with Crippen molar-refractivity contribution in [3.8, 4) is 0 Å². The number of nitrogens with two attached hydrogens (primary N) is 1. The molecule has 1 aromatic heterocycles. The Bertz CT molecular complexity index is 570. The minimum atomic E-state index is -0.420. The molecule has 0 spiro atoms. The van der Waals surface area contributed by atoms with E-state index in [1.807, 2.05) is 0 Å². The van der Waals surface area contributed by atoms with Crippen molar-refractivity contribution in [3.05, 3.63) is 65.2 Å². The number of pyridine rings is 1. The van der Waals surface area contributed by atoms with Crippen molar-refractivity contribution in [1.29, 1.82) is 0 Å². The van der Waals surface area contributed by atoms with Crippen LogP contribution in [0.4, 0.5) is 4.39 Å². The van der Waals surface area contributed by atoms with E-state index in [0.29, 0.717) is 12.1 Å². The molecule has 2 nitrogen and oxygen atoms in total. The quantitative estimate of drug-likeness (QED) is 0.924. The summed E-state index contributed by atoms with van der Waals surface area (Å²) in [5.41, 5.74) is 8.88. The van der Waals surface area contributed by atoms with Gasteiger partial charge < -0.3 is 5.73 Å². The Morgan fingerprint density at radius 3 is 2.35 bits per heavy atom. The Hall–Kier alpha value is -1.74. The number of hydrogen-bond acceptors (Lipinski definition) is 2. The number of hydrogen-bond donors (Lipinski definition) is 1. The molecule has 0 saturated carbocycles. The van der Waals surface area contributed by atoms with E-state index in [0.717, 1.165) is 5.56 Å². The fourth-order valence-corrected chi connectivity index (χ4v) is 2.16. The minimum absolute atomic E-state index is 0.133. The maximum atomic E-state index is 13.6. The summed E-state index contributed by atoms with van der Waals surface area (Å²) in [5.74, 6) is -0.341. The molecule has 0 radical (unpaired) electrons. The fourth-order valence-electron chi connectivity index (χ4n) is 2.16. The van der Waals surface area contributed by atoms with Gasteiger partial charge in [-0.15, -0.1) is 0 Å². The van der Waals surface area contributed by atoms with Crippen molar-refractivity contribution in [2.24, 2.45) is 5.73 Å². The number of nitrogens with zero attached hydrogens (tertiary/aromatic N) is 1. The fraction of sp³-hybridized carbons (Fsp3) is 0.353. The topological polar surface area (TPSA) is 38.9 Å². The molecular formula is C17H21FN2. The van der Waals surface area contributed by atoms with Gasteiger partial charge in [0.2, 0.25) is 0 Å². The minimum Gasteiger partial charge on any atom is -0.322 e. The van der Waals surface area contributed by atoms with Gasteiger partial charge in [-0.25, -0.2) is 4.39 Å². The number of halogens is 1. The summed E-state index contributed by atoms with van der Waals surface area (Å²) in [7, 11) is 0. The monoisotopic (exact) mass is 272 g/mol. The standard InChI is InChI=1S/C17H21FN2/c1-17(2,3)13-8-6-12(7-9-13)11-15(19)16-14(18)5-4-10-20-16/h4-10,15H,11,19H2,1-3H3. The molecule has 0 fully saturated rings. The molecule has 20 heavy (non-hydrogen) atoms. The van der Waals surface area contributed by atoms with Gasteiger partial charge in [0.25, 0.3) is 0 Å². The van der Waals surface area contributed by atoms with Crippen LogP contribution in [0.2, 0.25) is 0 Å². The summed E-state index contributed by atoms with van der Waals surface area (Å²) in [6.07, 6.45) is 2.15. The van der Waals surface area contributed by atoms with Crippen LogP contribution < -0.4 is 5.73 Å². The van der Waals surface area contributed by atoms with Crippen molar-refractivity contribution in [1.82, 2.24) is 4.98 Å². The smallest absolute Gasteiger partial charge is 0.146 e. The molecule has 0 aliphatic heterocycles. The van der Waals surface area contributed by atoms with Gasteiger partial charge in [0, 0.05) is 6.20 Å². The van der Waals surface area contributed by atoms with Crippen LogP contribution in [0.3, 0.4) is 0 Å². The predicted octanol–water partition coefficient (Wildman–Crippen LogP) is 3.76. The van der Waals surface area contributed by atoms with E-state index in [4.69, 9.17) is 5.73 Å². The average molecular weight is 272 g/mol. The Balaban J connectivity index is 2.13. The van der Waals surface area contributed by atoms with Gasteiger partial charge in [-0.05, 0) is 35.1 Å². The molecular weight excluding hydrogens is 251 g/mol. The molecule has 1 unspecified atom stereocenters. The van der Waals surface area contributed by atoms with Crippen molar-refractivity contribution >= 4 is 0 Å². The summed E-state index contributed by atoms with van der Waals surface area (Å²) in [6, 6.07) is 10.9. The Kier molecular flexibility index (Phi) is 4.19. The van der Waals surface area contributed by atoms with Crippen molar-refractivity contribution in [2.75, 3.05) is 0 Å². The maximum Gasteiger partial charge on any atom is 0.146 e. The number of benzene rings is 1. The molecule has 0 aliphatic rings. The normalized spacial score (nSPS) is 13.2. The average Bonchev–Trinajstić information content (AvgIpc) is 2.38. The molecule has 106 valence electrons. The first kappa shape index (κ1) is 14.7. The first-order chi connectivity index (χ1) is 9.38. The van der Waals surface area contributed by atoms with Crippen LogP contribution in [0.15, 0.2) is 42.6 Å². The van der Waals surface area contributed by atoms with Crippen LogP contribution in [0, 0.1) is 5.82 Å². The molecule has 0 aliphatic carbocycles. The Morgan fingerprint density at radius 2 is 1.80 bits per heavy atom.